The van der Waals surface area contributed by atoms with Crippen molar-refractivity contribution in [1.29, 1.82) is 0 Å². The van der Waals surface area contributed by atoms with E-state index in [4.69, 9.17) is 24.2 Å². The van der Waals surface area contributed by atoms with E-state index in [0.29, 0.717) is 17.9 Å². The largest absolute Gasteiger partial charge is 0.490 e. The van der Waals surface area contributed by atoms with Gasteiger partial charge in [-0.1, -0.05) is 42.5 Å². The highest BCUT2D eigenvalue weighted by atomic mass is 31.3. The zero-order valence-electron chi connectivity index (χ0n) is 17.4. The Morgan fingerprint density at radius 3 is 2.15 bits per heavy atom. The molecule has 3 rings (SSSR count). The van der Waals surface area contributed by atoms with E-state index in [-0.39, 0.29) is 6.42 Å². The molecule has 1 aliphatic heterocycles. The minimum atomic E-state index is -5.62. The van der Waals surface area contributed by atoms with Gasteiger partial charge in [-0.3, -0.25) is 4.52 Å². The molecule has 1 fully saturated rings. The molecule has 1 heterocycles. The fourth-order valence-corrected chi connectivity index (χ4v) is 6.11. The Morgan fingerprint density at radius 1 is 0.882 bits per heavy atom. The molecule has 2 aromatic rings. The summed E-state index contributed by atoms with van der Waals surface area (Å²) in [5.74, 6) is 0.621. The third-order valence-corrected chi connectivity index (χ3v) is 8.34. The van der Waals surface area contributed by atoms with Crippen LogP contribution in [-0.4, -0.2) is 43.5 Å². The first-order valence-electron chi connectivity index (χ1n) is 9.70. The second-order valence-corrected chi connectivity index (χ2v) is 11.6. The molecule has 5 N–H and O–H groups in total. The van der Waals surface area contributed by atoms with E-state index in [0.717, 1.165) is 5.56 Å². The lowest BCUT2D eigenvalue weighted by molar-refractivity contribution is -0.0220. The SMILES string of the molecule is O=P(O)(O)OP(=O)(O)OP(=O)(O)OC[C@H]1O[C@@H](c2ccc(OCc3ccccc3)cc2)C[C@@H]1O. The Hall–Kier alpha value is -1.43. The molecule has 0 amide bonds. The number of phosphoric ester groups is 1. The maximum Gasteiger partial charge on any atom is 0.490 e. The van der Waals surface area contributed by atoms with Crippen LogP contribution in [0.2, 0.25) is 0 Å². The number of hydrogen-bond donors (Lipinski definition) is 5. The van der Waals surface area contributed by atoms with Crippen LogP contribution in [0.15, 0.2) is 54.6 Å². The van der Waals surface area contributed by atoms with Crippen molar-refractivity contribution in [3.05, 3.63) is 65.7 Å². The monoisotopic (exact) mass is 540 g/mol. The van der Waals surface area contributed by atoms with Gasteiger partial charge >= 0.3 is 23.5 Å². The second-order valence-electron chi connectivity index (χ2n) is 7.20. The zero-order valence-corrected chi connectivity index (χ0v) is 20.1. The van der Waals surface area contributed by atoms with Crippen LogP contribution in [-0.2, 0) is 38.2 Å². The lowest BCUT2D eigenvalue weighted by Crippen LogP contribution is -2.26. The van der Waals surface area contributed by atoms with Crippen LogP contribution in [0.25, 0.3) is 0 Å². The topological polar surface area (TPSA) is 199 Å². The average Bonchev–Trinajstić information content (AvgIpc) is 3.10. The molecule has 0 aromatic heterocycles. The molecule has 0 radical (unpaired) electrons. The number of hydrogen-bond acceptors (Lipinski definition) is 9. The van der Waals surface area contributed by atoms with Gasteiger partial charge in [-0.15, -0.1) is 0 Å². The fourth-order valence-electron chi connectivity index (χ4n) is 3.08. The highest BCUT2D eigenvalue weighted by molar-refractivity contribution is 7.66. The summed E-state index contributed by atoms with van der Waals surface area (Å²) < 4.78 is 57.0. The lowest BCUT2D eigenvalue weighted by Gasteiger charge is -2.19. The van der Waals surface area contributed by atoms with Crippen molar-refractivity contribution >= 4 is 23.5 Å². The predicted molar refractivity (Wildman–Crippen MR) is 115 cm³/mol. The van der Waals surface area contributed by atoms with Gasteiger partial charge < -0.3 is 34.2 Å². The number of ether oxygens (including phenoxy) is 2. The van der Waals surface area contributed by atoms with Crippen LogP contribution in [0.3, 0.4) is 0 Å². The Kier molecular flexibility index (Phi) is 8.86. The first-order chi connectivity index (χ1) is 15.8. The molecular formula is C18H23O13P3. The number of aliphatic hydroxyl groups is 1. The van der Waals surface area contributed by atoms with Gasteiger partial charge in [0.05, 0.1) is 18.8 Å². The van der Waals surface area contributed by atoms with E-state index < -0.39 is 48.4 Å². The Bertz CT molecular complexity index is 1090. The van der Waals surface area contributed by atoms with Gasteiger partial charge in [-0.05, 0) is 23.3 Å². The van der Waals surface area contributed by atoms with E-state index in [1.54, 1.807) is 24.3 Å². The molecule has 5 atom stereocenters. The summed E-state index contributed by atoms with van der Waals surface area (Å²) in [7, 11) is -16.4. The van der Waals surface area contributed by atoms with Gasteiger partial charge in [0.1, 0.15) is 18.5 Å². The first-order valence-corrected chi connectivity index (χ1v) is 14.2. The summed E-state index contributed by atoms with van der Waals surface area (Å²) >= 11 is 0. The molecule has 0 spiro atoms. The summed E-state index contributed by atoms with van der Waals surface area (Å²) in [5.41, 5.74) is 1.71. The van der Waals surface area contributed by atoms with E-state index in [9.17, 15) is 23.7 Å². The van der Waals surface area contributed by atoms with Gasteiger partial charge in [0.2, 0.25) is 0 Å². The Balaban J connectivity index is 1.51. The fraction of sp³-hybridized carbons (Fsp3) is 0.333. The van der Waals surface area contributed by atoms with Gasteiger partial charge in [-0.25, -0.2) is 13.7 Å². The normalized spacial score (nSPS) is 24.3. The summed E-state index contributed by atoms with van der Waals surface area (Å²) in [6, 6.07) is 16.5. The molecular weight excluding hydrogens is 517 g/mol. The summed E-state index contributed by atoms with van der Waals surface area (Å²) in [4.78, 5) is 35.8. The molecule has 2 unspecified atom stereocenters. The van der Waals surface area contributed by atoms with Crippen LogP contribution in [0.4, 0.5) is 0 Å². The number of rotatable bonds is 11. The van der Waals surface area contributed by atoms with Crippen molar-refractivity contribution in [3.63, 3.8) is 0 Å². The van der Waals surface area contributed by atoms with Crippen LogP contribution >= 0.6 is 23.5 Å². The molecule has 188 valence electrons. The predicted octanol–water partition coefficient (Wildman–Crippen LogP) is 2.80. The van der Waals surface area contributed by atoms with Crippen molar-refractivity contribution in [2.24, 2.45) is 0 Å². The maximum atomic E-state index is 11.8. The number of aliphatic hydroxyl groups excluding tert-OH is 1. The quantitative estimate of drug-likeness (QED) is 0.261. The van der Waals surface area contributed by atoms with Crippen LogP contribution in [0, 0.1) is 0 Å². The Morgan fingerprint density at radius 2 is 1.53 bits per heavy atom. The van der Waals surface area contributed by atoms with E-state index in [2.05, 4.69) is 13.1 Å². The molecule has 16 heteroatoms. The lowest BCUT2D eigenvalue weighted by atomic mass is 10.0. The number of benzene rings is 2. The van der Waals surface area contributed by atoms with E-state index in [1.807, 2.05) is 30.3 Å². The van der Waals surface area contributed by atoms with Gasteiger partial charge in [0, 0.05) is 6.42 Å². The molecule has 34 heavy (non-hydrogen) atoms. The van der Waals surface area contributed by atoms with E-state index >= 15 is 0 Å². The summed E-state index contributed by atoms with van der Waals surface area (Å²) in [6.45, 7) is -0.332. The Labute approximate surface area is 194 Å². The van der Waals surface area contributed by atoms with Crippen LogP contribution in [0.1, 0.15) is 23.7 Å². The average molecular weight is 540 g/mol. The van der Waals surface area contributed by atoms with Crippen molar-refractivity contribution in [2.75, 3.05) is 6.61 Å². The smallest absolute Gasteiger partial charge is 0.489 e. The molecule has 0 bridgehead atoms. The second kappa shape index (κ2) is 11.1. The maximum absolute atomic E-state index is 11.8. The van der Waals surface area contributed by atoms with Gasteiger partial charge in [0.25, 0.3) is 0 Å². The highest BCUT2D eigenvalue weighted by Crippen LogP contribution is 2.66. The molecule has 13 nitrogen and oxygen atoms in total. The van der Waals surface area contributed by atoms with Crippen molar-refractivity contribution in [3.8, 4) is 5.75 Å². The first kappa shape index (κ1) is 27.2. The molecule has 0 aliphatic carbocycles. The minimum Gasteiger partial charge on any atom is -0.489 e. The summed E-state index contributed by atoms with van der Waals surface area (Å²) in [6.07, 6.45) is -2.64. The molecule has 2 aromatic carbocycles. The molecule has 0 saturated carbocycles. The van der Waals surface area contributed by atoms with Gasteiger partial charge in [-0.2, -0.15) is 8.62 Å². The summed E-state index contributed by atoms with van der Waals surface area (Å²) in [5, 5.41) is 10.2. The van der Waals surface area contributed by atoms with Crippen LogP contribution < -0.4 is 4.74 Å². The minimum absolute atomic E-state index is 0.134. The highest BCUT2D eigenvalue weighted by Gasteiger charge is 2.42. The standard InChI is InChI=1S/C18H23O13P3/c19-16-10-17(14-6-8-15(9-7-14)27-11-13-4-2-1-3-5-13)29-18(16)12-28-33(23,24)31-34(25,26)30-32(20,21)22/h1-9,16-19H,10-12H2,(H,23,24)(H,25,26)(H2,20,21,22)/t16-,17+,18+/m0/s1. The zero-order chi connectivity index (χ0) is 25.0. The molecule has 1 saturated heterocycles. The van der Waals surface area contributed by atoms with E-state index in [1.165, 1.54) is 0 Å². The van der Waals surface area contributed by atoms with Crippen LogP contribution in [0.5, 0.6) is 5.75 Å². The third-order valence-electron chi connectivity index (χ3n) is 4.54. The van der Waals surface area contributed by atoms with Crippen molar-refractivity contribution < 1.29 is 61.0 Å². The van der Waals surface area contributed by atoms with Crippen molar-refractivity contribution in [2.45, 2.75) is 31.3 Å². The third kappa shape index (κ3) is 8.66. The van der Waals surface area contributed by atoms with Crippen molar-refractivity contribution in [1.82, 2.24) is 0 Å². The molecule has 1 aliphatic rings. The number of phosphoric acid groups is 3. The van der Waals surface area contributed by atoms with Gasteiger partial charge in [0.15, 0.2) is 0 Å².